The molecule has 58 heavy (non-hydrogen) atoms. The number of carbonyl (C=O) groups excluding carboxylic acids is 2. The molecule has 2 N–H and O–H groups in total. The lowest BCUT2D eigenvalue weighted by Gasteiger charge is -2.09. The average molecular weight is 826 g/mol. The Hall–Kier alpha value is -2.98. The van der Waals surface area contributed by atoms with Crippen LogP contribution in [-0.2, 0) is 68.1 Å². The summed E-state index contributed by atoms with van der Waals surface area (Å²) >= 11 is 0. The topological polar surface area (TPSA) is 213 Å². The van der Waals surface area contributed by atoms with Crippen LogP contribution in [-0.4, -0.2) is 184 Å². The van der Waals surface area contributed by atoms with E-state index >= 15 is 0 Å². The van der Waals surface area contributed by atoms with Crippen molar-refractivity contribution in [2.75, 3.05) is 152 Å². The maximum Gasteiger partial charge on any atom is 0.203 e. The fourth-order valence-electron chi connectivity index (χ4n) is 4.91. The van der Waals surface area contributed by atoms with Crippen LogP contribution in [0, 0.1) is 0 Å². The number of ketones is 2. The van der Waals surface area contributed by atoms with Gasteiger partial charge in [-0.3, -0.25) is 9.59 Å². The summed E-state index contributed by atoms with van der Waals surface area (Å²) in [6.45, 7) is 11.4. The van der Waals surface area contributed by atoms with Crippen molar-refractivity contribution >= 4 is 11.6 Å². The molecule has 18 heteroatoms. The van der Waals surface area contributed by atoms with E-state index in [4.69, 9.17) is 57.8 Å². The number of nitrogens with zero attached hydrogens (tertiary/aromatic N) is 4. The highest BCUT2D eigenvalue weighted by atomic mass is 16.6. The minimum atomic E-state index is 0.157. The first-order chi connectivity index (χ1) is 28.7. The Morgan fingerprint density at radius 3 is 1.12 bits per heavy atom. The van der Waals surface area contributed by atoms with Gasteiger partial charge in [-0.25, -0.2) is 0 Å². The number of aryl methyl sites for hydroxylation is 1. The maximum atomic E-state index is 12.3. The van der Waals surface area contributed by atoms with Gasteiger partial charge in [-0.1, -0.05) is 24.3 Å². The highest BCUT2D eigenvalue weighted by Crippen LogP contribution is 2.15. The number of benzene rings is 1. The molecule has 0 saturated carbocycles. The van der Waals surface area contributed by atoms with Gasteiger partial charge in [0, 0.05) is 44.4 Å². The van der Waals surface area contributed by atoms with Gasteiger partial charge in [-0.15, -0.1) is 20.4 Å². The number of carbonyl (C=O) groups is 2. The summed E-state index contributed by atoms with van der Waals surface area (Å²) < 4.78 is 60.0. The number of aromatic nitrogens is 4. The predicted molar refractivity (Wildman–Crippen MR) is 213 cm³/mol. The molecule has 0 amide bonds. The Morgan fingerprint density at radius 2 is 0.741 bits per heavy atom. The molecule has 0 aliphatic heterocycles. The molecule has 0 aliphatic rings. The Labute approximate surface area is 343 Å². The largest absolute Gasteiger partial charge is 0.379 e. The fraction of sp³-hybridized carbons (Fsp3) is 0.750. The van der Waals surface area contributed by atoms with Gasteiger partial charge in [0.2, 0.25) is 5.82 Å². The highest BCUT2D eigenvalue weighted by Gasteiger charge is 2.08. The van der Waals surface area contributed by atoms with Gasteiger partial charge in [-0.2, -0.15) is 0 Å². The summed E-state index contributed by atoms with van der Waals surface area (Å²) in [5, 5.41) is 15.4. The zero-order valence-corrected chi connectivity index (χ0v) is 34.3. The molecule has 0 atom stereocenters. The Kier molecular flexibility index (Phi) is 34.8. The third-order valence-corrected chi connectivity index (χ3v) is 7.95. The van der Waals surface area contributed by atoms with Gasteiger partial charge >= 0.3 is 0 Å². The lowest BCUT2D eigenvalue weighted by molar-refractivity contribution is -0.120. The van der Waals surface area contributed by atoms with Gasteiger partial charge in [0.05, 0.1) is 139 Å². The molecule has 2 aromatic rings. The molecule has 0 radical (unpaired) electrons. The Bertz CT molecular complexity index is 1220. The Balaban J connectivity index is 1.19. The highest BCUT2D eigenvalue weighted by molar-refractivity contribution is 5.81. The van der Waals surface area contributed by atoms with E-state index < -0.39 is 0 Å². The maximum absolute atomic E-state index is 12.3. The number of hydrogen-bond donors (Lipinski definition) is 1. The summed E-state index contributed by atoms with van der Waals surface area (Å²) in [4.78, 5) is 24.5. The molecule has 2 rings (SSSR count). The van der Waals surface area contributed by atoms with Crippen LogP contribution < -0.4 is 5.73 Å². The first kappa shape index (κ1) is 51.2. The van der Waals surface area contributed by atoms with E-state index in [0.717, 1.165) is 11.1 Å². The van der Waals surface area contributed by atoms with Crippen LogP contribution in [0.15, 0.2) is 30.6 Å². The van der Waals surface area contributed by atoms with Crippen molar-refractivity contribution in [1.29, 1.82) is 0 Å². The van der Waals surface area contributed by atoms with E-state index in [-0.39, 0.29) is 11.6 Å². The summed E-state index contributed by atoms with van der Waals surface area (Å²) in [5.74, 6) is 0.779. The van der Waals surface area contributed by atoms with Crippen LogP contribution in [0.1, 0.15) is 44.1 Å². The first-order valence-electron chi connectivity index (χ1n) is 20.4. The third kappa shape index (κ3) is 31.9. The number of ether oxygens (including phenoxy) is 11. The summed E-state index contributed by atoms with van der Waals surface area (Å²) in [6.07, 6.45) is 4.90. The van der Waals surface area contributed by atoms with Crippen molar-refractivity contribution in [2.45, 2.75) is 44.9 Å². The number of rotatable bonds is 44. The van der Waals surface area contributed by atoms with Crippen LogP contribution in [0.5, 0.6) is 0 Å². The lowest BCUT2D eigenvalue weighted by atomic mass is 10.0. The van der Waals surface area contributed by atoms with Gasteiger partial charge in [-0.05, 0) is 24.8 Å². The van der Waals surface area contributed by atoms with E-state index in [0.29, 0.717) is 203 Å². The minimum absolute atomic E-state index is 0.157. The van der Waals surface area contributed by atoms with E-state index in [1.807, 2.05) is 24.3 Å². The molecule has 0 unspecified atom stereocenters. The molecule has 0 bridgehead atoms. The standard InChI is InChI=1S/C40H67N5O13/c41-12-14-49-16-18-51-20-22-53-24-26-55-28-30-57-32-34-58-33-31-56-29-27-54-25-23-52-21-19-50-17-15-48-13-2-5-38(46)3-1-4-39(47)11-8-36-6-9-37(10-7-36)40-44-42-35-43-45-40/h6-7,9-10,35H,1-5,8,11-34,41H2. The monoisotopic (exact) mass is 825 g/mol. The van der Waals surface area contributed by atoms with E-state index in [2.05, 4.69) is 20.4 Å². The molecule has 1 heterocycles. The zero-order chi connectivity index (χ0) is 41.2. The molecule has 0 fully saturated rings. The molecule has 1 aromatic heterocycles. The minimum Gasteiger partial charge on any atom is -0.379 e. The van der Waals surface area contributed by atoms with Crippen LogP contribution in [0.25, 0.3) is 11.4 Å². The lowest BCUT2D eigenvalue weighted by Crippen LogP contribution is -2.15. The van der Waals surface area contributed by atoms with E-state index in [1.165, 1.54) is 6.33 Å². The third-order valence-electron chi connectivity index (χ3n) is 7.95. The molecule has 0 spiro atoms. The van der Waals surface area contributed by atoms with E-state index in [9.17, 15) is 9.59 Å². The smallest absolute Gasteiger partial charge is 0.203 e. The molecule has 18 nitrogen and oxygen atoms in total. The van der Waals surface area contributed by atoms with Crippen molar-refractivity contribution in [2.24, 2.45) is 5.73 Å². The second-order valence-electron chi connectivity index (χ2n) is 12.6. The summed E-state index contributed by atoms with van der Waals surface area (Å²) in [7, 11) is 0. The molecule has 0 aliphatic carbocycles. The van der Waals surface area contributed by atoms with Crippen LogP contribution in [0.3, 0.4) is 0 Å². The summed E-state index contributed by atoms with van der Waals surface area (Å²) in [5.41, 5.74) is 7.21. The second kappa shape index (κ2) is 39.5. The zero-order valence-electron chi connectivity index (χ0n) is 34.3. The molecule has 0 saturated heterocycles. The van der Waals surface area contributed by atoms with Gasteiger partial charge in [0.25, 0.3) is 0 Å². The molecule has 1 aromatic carbocycles. The number of Topliss-reactive ketones (excluding diaryl/α,β-unsaturated/α-hetero) is 2. The van der Waals surface area contributed by atoms with Crippen molar-refractivity contribution in [3.05, 3.63) is 36.2 Å². The SMILES string of the molecule is NCCOCCOCCOCCOCCOCCOCCOCCOCCOCCOCCOCCCC(=O)CCCC(=O)CCc1ccc(-c2nncnn2)cc1. The quantitative estimate of drug-likeness (QED) is 0.0948. The second-order valence-corrected chi connectivity index (χ2v) is 12.6. The van der Waals surface area contributed by atoms with Gasteiger partial charge < -0.3 is 57.8 Å². The van der Waals surface area contributed by atoms with E-state index in [1.54, 1.807) is 0 Å². The van der Waals surface area contributed by atoms with Gasteiger partial charge in [0.1, 0.15) is 11.6 Å². The summed E-state index contributed by atoms with van der Waals surface area (Å²) in [6, 6.07) is 7.69. The van der Waals surface area contributed by atoms with Crippen LogP contribution in [0.2, 0.25) is 0 Å². The average Bonchev–Trinajstić information content (AvgIpc) is 3.24. The molecule has 330 valence electrons. The fourth-order valence-corrected chi connectivity index (χ4v) is 4.91. The molecular weight excluding hydrogens is 758 g/mol. The van der Waals surface area contributed by atoms with Crippen LogP contribution in [0.4, 0.5) is 0 Å². The van der Waals surface area contributed by atoms with Crippen molar-refractivity contribution in [3.63, 3.8) is 0 Å². The molecular formula is C40H67N5O13. The Morgan fingerprint density at radius 1 is 0.414 bits per heavy atom. The van der Waals surface area contributed by atoms with Crippen LogP contribution >= 0.6 is 0 Å². The van der Waals surface area contributed by atoms with Gasteiger partial charge in [0.15, 0.2) is 6.33 Å². The predicted octanol–water partition coefficient (Wildman–Crippen LogP) is 2.10. The van der Waals surface area contributed by atoms with Crippen molar-refractivity contribution in [1.82, 2.24) is 20.4 Å². The number of hydrogen-bond acceptors (Lipinski definition) is 18. The first-order valence-corrected chi connectivity index (χ1v) is 20.4. The van der Waals surface area contributed by atoms with Crippen molar-refractivity contribution < 1.29 is 61.7 Å². The van der Waals surface area contributed by atoms with Crippen molar-refractivity contribution in [3.8, 4) is 11.4 Å². The number of nitrogens with two attached hydrogens (primary N) is 1. The normalized spacial score (nSPS) is 11.4.